The highest BCUT2D eigenvalue weighted by Gasteiger charge is 2.15. The molecule has 9 heteroatoms. The first kappa shape index (κ1) is 17.2. The maximum Gasteiger partial charge on any atom is 0.263 e. The number of oxazole rings is 1. The molecule has 0 spiro atoms. The van der Waals surface area contributed by atoms with Crippen LogP contribution in [0, 0.1) is 6.92 Å². The SMILES string of the molecule is Cc1oc(-c2ccco2)nc1CC(=O)NCCCNS(C)(=O)=O. The summed E-state index contributed by atoms with van der Waals surface area (Å²) in [5.41, 5.74) is 0.545. The van der Waals surface area contributed by atoms with Crippen LogP contribution in [0.1, 0.15) is 17.9 Å². The van der Waals surface area contributed by atoms with Crippen LogP contribution >= 0.6 is 0 Å². The number of hydrogen-bond donors (Lipinski definition) is 2. The van der Waals surface area contributed by atoms with Crippen LogP contribution < -0.4 is 10.0 Å². The topological polar surface area (TPSA) is 114 Å². The molecule has 2 heterocycles. The molecule has 0 saturated carbocycles. The van der Waals surface area contributed by atoms with E-state index in [4.69, 9.17) is 8.83 Å². The molecule has 2 N–H and O–H groups in total. The van der Waals surface area contributed by atoms with Crippen molar-refractivity contribution in [2.45, 2.75) is 19.8 Å². The lowest BCUT2D eigenvalue weighted by Crippen LogP contribution is -2.30. The third-order valence-corrected chi connectivity index (χ3v) is 3.72. The van der Waals surface area contributed by atoms with E-state index in [-0.39, 0.29) is 18.9 Å². The summed E-state index contributed by atoms with van der Waals surface area (Å²) >= 11 is 0. The Hall–Kier alpha value is -2.13. The second-order valence-electron chi connectivity index (χ2n) is 5.05. The van der Waals surface area contributed by atoms with Crippen LogP contribution in [-0.2, 0) is 21.2 Å². The average Bonchev–Trinajstić information content (AvgIpc) is 3.07. The Morgan fingerprint density at radius 2 is 2.13 bits per heavy atom. The molecule has 0 aliphatic carbocycles. The van der Waals surface area contributed by atoms with E-state index in [0.717, 1.165) is 6.26 Å². The Balaban J connectivity index is 1.79. The van der Waals surface area contributed by atoms with E-state index in [1.54, 1.807) is 19.1 Å². The van der Waals surface area contributed by atoms with Crippen molar-refractivity contribution in [2.24, 2.45) is 0 Å². The number of rotatable bonds is 8. The van der Waals surface area contributed by atoms with Crippen molar-refractivity contribution in [1.82, 2.24) is 15.0 Å². The number of aromatic nitrogens is 1. The Morgan fingerprint density at radius 1 is 1.35 bits per heavy atom. The number of nitrogens with zero attached hydrogens (tertiary/aromatic N) is 1. The molecule has 0 aliphatic heterocycles. The van der Waals surface area contributed by atoms with Gasteiger partial charge in [0.1, 0.15) is 5.76 Å². The van der Waals surface area contributed by atoms with Crippen LogP contribution in [0.25, 0.3) is 11.7 Å². The zero-order chi connectivity index (χ0) is 16.9. The monoisotopic (exact) mass is 341 g/mol. The summed E-state index contributed by atoms with van der Waals surface area (Å²) in [4.78, 5) is 16.1. The number of aryl methyl sites for hydroxylation is 1. The lowest BCUT2D eigenvalue weighted by molar-refractivity contribution is -0.120. The van der Waals surface area contributed by atoms with Gasteiger partial charge in [-0.2, -0.15) is 0 Å². The number of amides is 1. The first-order valence-corrected chi connectivity index (χ1v) is 8.96. The standard InChI is InChI=1S/C14H19N3O5S/c1-10-11(17-14(22-10)12-5-3-8-21-12)9-13(18)15-6-4-7-16-23(2,19)20/h3,5,8,16H,4,6-7,9H2,1-2H3,(H,15,18). The number of sulfonamides is 1. The Kier molecular flexibility index (Phi) is 5.56. The molecule has 0 aromatic carbocycles. The van der Waals surface area contributed by atoms with Gasteiger partial charge in [-0.05, 0) is 25.5 Å². The van der Waals surface area contributed by atoms with Crippen molar-refractivity contribution in [2.75, 3.05) is 19.3 Å². The Labute approximate surface area is 134 Å². The van der Waals surface area contributed by atoms with Gasteiger partial charge < -0.3 is 14.2 Å². The van der Waals surface area contributed by atoms with Crippen LogP contribution in [0.3, 0.4) is 0 Å². The van der Waals surface area contributed by atoms with Crippen LogP contribution in [0.4, 0.5) is 0 Å². The molecule has 2 rings (SSSR count). The fraction of sp³-hybridized carbons (Fsp3) is 0.429. The van der Waals surface area contributed by atoms with Gasteiger partial charge in [0.15, 0.2) is 5.76 Å². The quantitative estimate of drug-likeness (QED) is 0.688. The summed E-state index contributed by atoms with van der Waals surface area (Å²) in [5, 5.41) is 2.71. The lowest BCUT2D eigenvalue weighted by Gasteiger charge is -2.04. The van der Waals surface area contributed by atoms with E-state index in [1.807, 2.05) is 0 Å². The third-order valence-electron chi connectivity index (χ3n) is 2.99. The molecule has 0 bridgehead atoms. The summed E-state index contributed by atoms with van der Waals surface area (Å²) in [6.45, 7) is 2.39. The van der Waals surface area contributed by atoms with Crippen molar-refractivity contribution in [3.8, 4) is 11.7 Å². The number of nitrogens with one attached hydrogen (secondary N) is 2. The molecule has 0 saturated heterocycles. The van der Waals surface area contributed by atoms with E-state index >= 15 is 0 Å². The molecule has 2 aromatic heterocycles. The third kappa shape index (κ3) is 5.53. The van der Waals surface area contributed by atoms with E-state index in [9.17, 15) is 13.2 Å². The van der Waals surface area contributed by atoms with Gasteiger partial charge in [0.05, 0.1) is 24.6 Å². The largest absolute Gasteiger partial charge is 0.459 e. The lowest BCUT2D eigenvalue weighted by atomic mass is 10.2. The molecule has 0 fully saturated rings. The zero-order valence-electron chi connectivity index (χ0n) is 13.0. The number of carbonyl (C=O) groups is 1. The summed E-state index contributed by atoms with van der Waals surface area (Å²) < 4.78 is 34.8. The fourth-order valence-electron chi connectivity index (χ4n) is 1.89. The van der Waals surface area contributed by atoms with Gasteiger partial charge in [-0.15, -0.1) is 0 Å². The maximum atomic E-state index is 11.9. The molecule has 0 unspecified atom stereocenters. The minimum absolute atomic E-state index is 0.0928. The molecule has 23 heavy (non-hydrogen) atoms. The van der Waals surface area contributed by atoms with Crippen LogP contribution in [-0.4, -0.2) is 38.7 Å². The first-order chi connectivity index (χ1) is 10.8. The number of carbonyl (C=O) groups excluding carboxylic acids is 1. The van der Waals surface area contributed by atoms with E-state index < -0.39 is 10.0 Å². The summed E-state index contributed by atoms with van der Waals surface area (Å²) in [6, 6.07) is 3.45. The number of furan rings is 1. The minimum Gasteiger partial charge on any atom is -0.459 e. The van der Waals surface area contributed by atoms with Crippen molar-refractivity contribution in [3.63, 3.8) is 0 Å². The van der Waals surface area contributed by atoms with Crippen molar-refractivity contribution < 1.29 is 22.0 Å². The van der Waals surface area contributed by atoms with Gasteiger partial charge in [-0.3, -0.25) is 4.79 Å². The van der Waals surface area contributed by atoms with Crippen molar-refractivity contribution >= 4 is 15.9 Å². The highest BCUT2D eigenvalue weighted by Crippen LogP contribution is 2.22. The predicted octanol–water partition coefficient (Wildman–Crippen LogP) is 0.841. The van der Waals surface area contributed by atoms with Gasteiger partial charge in [-0.25, -0.2) is 18.1 Å². The maximum absolute atomic E-state index is 11.9. The summed E-state index contributed by atoms with van der Waals surface area (Å²) in [7, 11) is -3.19. The molecular formula is C14H19N3O5S. The highest BCUT2D eigenvalue weighted by atomic mass is 32.2. The minimum atomic E-state index is -3.19. The predicted molar refractivity (Wildman–Crippen MR) is 83.1 cm³/mol. The molecule has 0 atom stereocenters. The Bertz CT molecular complexity index is 749. The molecule has 126 valence electrons. The molecule has 0 aliphatic rings. The van der Waals surface area contributed by atoms with Crippen molar-refractivity contribution in [1.29, 1.82) is 0 Å². The summed E-state index contributed by atoms with van der Waals surface area (Å²) in [5.74, 6) is 1.20. The van der Waals surface area contributed by atoms with Gasteiger partial charge in [0.25, 0.3) is 5.89 Å². The van der Waals surface area contributed by atoms with E-state index in [1.165, 1.54) is 6.26 Å². The van der Waals surface area contributed by atoms with Gasteiger partial charge in [0.2, 0.25) is 15.9 Å². The summed E-state index contributed by atoms with van der Waals surface area (Å²) in [6.07, 6.45) is 3.21. The van der Waals surface area contributed by atoms with Crippen molar-refractivity contribution in [3.05, 3.63) is 29.9 Å². The molecular weight excluding hydrogens is 322 g/mol. The first-order valence-electron chi connectivity index (χ1n) is 7.06. The van der Waals surface area contributed by atoms with Gasteiger partial charge >= 0.3 is 0 Å². The molecule has 0 radical (unpaired) electrons. The zero-order valence-corrected chi connectivity index (χ0v) is 13.8. The smallest absolute Gasteiger partial charge is 0.263 e. The average molecular weight is 341 g/mol. The van der Waals surface area contributed by atoms with Crippen LogP contribution in [0.5, 0.6) is 0 Å². The van der Waals surface area contributed by atoms with E-state index in [2.05, 4.69) is 15.0 Å². The van der Waals surface area contributed by atoms with Gasteiger partial charge in [-0.1, -0.05) is 0 Å². The van der Waals surface area contributed by atoms with Gasteiger partial charge in [0, 0.05) is 13.1 Å². The molecule has 2 aromatic rings. The van der Waals surface area contributed by atoms with Crippen LogP contribution in [0.2, 0.25) is 0 Å². The van der Waals surface area contributed by atoms with Crippen LogP contribution in [0.15, 0.2) is 27.2 Å². The number of hydrogen-bond acceptors (Lipinski definition) is 6. The molecule has 8 nitrogen and oxygen atoms in total. The highest BCUT2D eigenvalue weighted by molar-refractivity contribution is 7.88. The second-order valence-corrected chi connectivity index (χ2v) is 6.88. The Morgan fingerprint density at radius 3 is 2.78 bits per heavy atom. The fourth-order valence-corrected chi connectivity index (χ4v) is 2.40. The van der Waals surface area contributed by atoms with E-state index in [0.29, 0.717) is 36.1 Å². The second kappa shape index (κ2) is 7.42. The normalized spacial score (nSPS) is 11.6. The molecule has 1 amide bonds.